The smallest absolute Gasteiger partial charge is 0.0785 e. The van der Waals surface area contributed by atoms with E-state index in [0.29, 0.717) is 24.6 Å². The summed E-state index contributed by atoms with van der Waals surface area (Å²) in [5, 5.41) is 14.5. The van der Waals surface area contributed by atoms with Crippen LogP contribution in [0.3, 0.4) is 0 Å². The molecule has 0 saturated carbocycles. The van der Waals surface area contributed by atoms with Gasteiger partial charge in [-0.3, -0.25) is 4.98 Å². The Morgan fingerprint density at radius 1 is 1.40 bits per heavy atom. The Kier molecular flexibility index (Phi) is 5.73. The summed E-state index contributed by atoms with van der Waals surface area (Å²) in [6, 6.07) is 7.72. The van der Waals surface area contributed by atoms with Crippen LogP contribution in [0.1, 0.15) is 12.0 Å². The highest BCUT2D eigenvalue weighted by Crippen LogP contribution is 2.24. The number of pyridine rings is 1. The number of methoxy groups -OCH3 is 1. The number of benzene rings is 1. The van der Waals surface area contributed by atoms with Gasteiger partial charge in [0.1, 0.15) is 0 Å². The van der Waals surface area contributed by atoms with Gasteiger partial charge in [0.25, 0.3) is 0 Å². The number of nitrogens with one attached hydrogen (secondary N) is 1. The number of aliphatic hydroxyl groups is 1. The zero-order valence-corrected chi connectivity index (χ0v) is 12.2. The van der Waals surface area contributed by atoms with Crippen LogP contribution in [0.5, 0.6) is 0 Å². The van der Waals surface area contributed by atoms with E-state index >= 15 is 0 Å². The molecule has 20 heavy (non-hydrogen) atoms. The fourth-order valence-electron chi connectivity index (χ4n) is 2.11. The van der Waals surface area contributed by atoms with Gasteiger partial charge in [0, 0.05) is 30.3 Å². The summed E-state index contributed by atoms with van der Waals surface area (Å²) in [6.07, 6.45) is 2.00. The molecule has 108 valence electrons. The molecule has 1 atom stereocenters. The fourth-order valence-corrected chi connectivity index (χ4v) is 2.32. The van der Waals surface area contributed by atoms with Crippen molar-refractivity contribution in [3.8, 4) is 0 Å². The fraction of sp³-hybridized carbons (Fsp3) is 0.400. The first-order chi connectivity index (χ1) is 9.72. The molecule has 0 amide bonds. The van der Waals surface area contributed by atoms with Gasteiger partial charge in [-0.2, -0.15) is 0 Å². The molecule has 1 aromatic heterocycles. The lowest BCUT2D eigenvalue weighted by molar-refractivity contribution is 0.0594. The number of hydrogen-bond acceptors (Lipinski definition) is 4. The minimum absolute atomic E-state index is 0.368. The molecule has 5 heteroatoms. The number of ether oxygens (including phenoxy) is 1. The van der Waals surface area contributed by atoms with Crippen molar-refractivity contribution in [3.63, 3.8) is 0 Å². The quantitative estimate of drug-likeness (QED) is 0.770. The van der Waals surface area contributed by atoms with Gasteiger partial charge < -0.3 is 15.2 Å². The van der Waals surface area contributed by atoms with E-state index in [1.165, 1.54) is 0 Å². The minimum atomic E-state index is -0.424. The summed E-state index contributed by atoms with van der Waals surface area (Å²) in [6.45, 7) is 1.79. The molecule has 0 aliphatic rings. The first-order valence-electron chi connectivity index (χ1n) is 6.62. The van der Waals surface area contributed by atoms with Crippen LogP contribution in [0.15, 0.2) is 30.5 Å². The van der Waals surface area contributed by atoms with Crippen molar-refractivity contribution < 1.29 is 9.84 Å². The lowest BCUT2D eigenvalue weighted by atomic mass is 10.1. The molecule has 0 spiro atoms. The molecule has 2 rings (SSSR count). The van der Waals surface area contributed by atoms with Crippen molar-refractivity contribution in [3.05, 3.63) is 41.0 Å². The van der Waals surface area contributed by atoms with E-state index in [4.69, 9.17) is 16.3 Å². The number of aliphatic hydroxyl groups excluding tert-OH is 1. The van der Waals surface area contributed by atoms with E-state index in [0.717, 1.165) is 23.0 Å². The van der Waals surface area contributed by atoms with Gasteiger partial charge in [0.2, 0.25) is 0 Å². The standard InChI is InChI=1S/C15H19ClN2O2/c1-20-10-12(19)6-8-17-9-11-4-5-14(16)13-3-2-7-18-15(11)13/h2-5,7,12,17,19H,6,8-10H2,1H3. The van der Waals surface area contributed by atoms with Crippen molar-refractivity contribution in [2.75, 3.05) is 20.3 Å². The summed E-state index contributed by atoms with van der Waals surface area (Å²) < 4.78 is 4.89. The van der Waals surface area contributed by atoms with Crippen LogP contribution in [-0.2, 0) is 11.3 Å². The van der Waals surface area contributed by atoms with E-state index in [2.05, 4.69) is 10.3 Å². The first kappa shape index (κ1) is 15.2. The third-order valence-electron chi connectivity index (χ3n) is 3.13. The van der Waals surface area contributed by atoms with E-state index in [1.54, 1.807) is 13.3 Å². The second kappa shape index (κ2) is 7.55. The zero-order chi connectivity index (χ0) is 14.4. The van der Waals surface area contributed by atoms with Crippen molar-refractivity contribution in [2.24, 2.45) is 0 Å². The third kappa shape index (κ3) is 3.90. The molecular weight excluding hydrogens is 276 g/mol. The van der Waals surface area contributed by atoms with Gasteiger partial charge in [-0.25, -0.2) is 0 Å². The molecule has 1 heterocycles. The van der Waals surface area contributed by atoms with Crippen molar-refractivity contribution in [2.45, 2.75) is 19.1 Å². The number of aromatic nitrogens is 1. The van der Waals surface area contributed by atoms with E-state index < -0.39 is 6.10 Å². The lowest BCUT2D eigenvalue weighted by Gasteiger charge is -2.11. The van der Waals surface area contributed by atoms with Gasteiger partial charge >= 0.3 is 0 Å². The van der Waals surface area contributed by atoms with Crippen molar-refractivity contribution in [1.82, 2.24) is 10.3 Å². The Morgan fingerprint density at radius 3 is 3.05 bits per heavy atom. The number of fused-ring (bicyclic) bond motifs is 1. The van der Waals surface area contributed by atoms with Crippen molar-refractivity contribution in [1.29, 1.82) is 0 Å². The van der Waals surface area contributed by atoms with Crippen LogP contribution < -0.4 is 5.32 Å². The van der Waals surface area contributed by atoms with Gasteiger partial charge in [0.05, 0.1) is 18.2 Å². The molecule has 0 aliphatic carbocycles. The summed E-state index contributed by atoms with van der Waals surface area (Å²) >= 11 is 6.16. The van der Waals surface area contributed by atoms with E-state index in [9.17, 15) is 5.11 Å². The number of nitrogens with zero attached hydrogens (tertiary/aromatic N) is 1. The average Bonchev–Trinajstić information content (AvgIpc) is 2.46. The van der Waals surface area contributed by atoms with Crippen LogP contribution in [0, 0.1) is 0 Å². The maximum Gasteiger partial charge on any atom is 0.0785 e. The third-order valence-corrected chi connectivity index (χ3v) is 3.46. The molecule has 0 bridgehead atoms. The molecule has 1 aromatic carbocycles. The van der Waals surface area contributed by atoms with Crippen LogP contribution in [0.25, 0.3) is 10.9 Å². The maximum absolute atomic E-state index is 9.56. The topological polar surface area (TPSA) is 54.4 Å². The summed E-state index contributed by atoms with van der Waals surface area (Å²) in [7, 11) is 1.59. The van der Waals surface area contributed by atoms with Gasteiger partial charge in [0.15, 0.2) is 0 Å². The zero-order valence-electron chi connectivity index (χ0n) is 11.5. The van der Waals surface area contributed by atoms with Gasteiger partial charge in [-0.05, 0) is 36.7 Å². The molecule has 0 saturated heterocycles. The predicted molar refractivity (Wildman–Crippen MR) is 81.0 cm³/mol. The lowest BCUT2D eigenvalue weighted by Crippen LogP contribution is -2.23. The van der Waals surface area contributed by atoms with Crippen LogP contribution in [0.2, 0.25) is 5.02 Å². The highest BCUT2D eigenvalue weighted by Gasteiger charge is 2.06. The van der Waals surface area contributed by atoms with E-state index in [-0.39, 0.29) is 0 Å². The molecule has 0 aliphatic heterocycles. The summed E-state index contributed by atoms with van der Waals surface area (Å²) in [5.74, 6) is 0. The van der Waals surface area contributed by atoms with Gasteiger partial charge in [-0.15, -0.1) is 0 Å². The number of rotatable bonds is 7. The highest BCUT2D eigenvalue weighted by molar-refractivity contribution is 6.35. The average molecular weight is 295 g/mol. The second-order valence-corrected chi connectivity index (χ2v) is 5.09. The van der Waals surface area contributed by atoms with Crippen molar-refractivity contribution >= 4 is 22.5 Å². The van der Waals surface area contributed by atoms with E-state index in [1.807, 2.05) is 24.3 Å². The Labute approximate surface area is 123 Å². The van der Waals surface area contributed by atoms with Gasteiger partial charge in [-0.1, -0.05) is 17.7 Å². The Hall–Kier alpha value is -1.20. The molecule has 1 unspecified atom stereocenters. The SMILES string of the molecule is COCC(O)CCNCc1ccc(Cl)c2cccnc12. The normalized spacial score (nSPS) is 12.8. The highest BCUT2D eigenvalue weighted by atomic mass is 35.5. The Bertz CT molecular complexity index is 563. The monoisotopic (exact) mass is 294 g/mol. The number of hydrogen-bond donors (Lipinski definition) is 2. The molecule has 2 N–H and O–H groups in total. The molecular formula is C15H19ClN2O2. The summed E-state index contributed by atoms with van der Waals surface area (Å²) in [5.41, 5.74) is 2.02. The first-order valence-corrected chi connectivity index (χ1v) is 7.00. The predicted octanol–water partition coefficient (Wildman–Crippen LogP) is 2.38. The molecule has 0 fully saturated rings. The molecule has 0 radical (unpaired) electrons. The summed E-state index contributed by atoms with van der Waals surface area (Å²) in [4.78, 5) is 4.39. The maximum atomic E-state index is 9.56. The molecule has 4 nitrogen and oxygen atoms in total. The van der Waals surface area contributed by atoms with Crippen LogP contribution in [-0.4, -0.2) is 36.5 Å². The number of halogens is 1. The van der Waals surface area contributed by atoms with Crippen LogP contribution >= 0.6 is 11.6 Å². The minimum Gasteiger partial charge on any atom is -0.391 e. The second-order valence-electron chi connectivity index (χ2n) is 4.68. The molecule has 2 aromatic rings. The Balaban J connectivity index is 1.95. The van der Waals surface area contributed by atoms with Crippen LogP contribution in [0.4, 0.5) is 0 Å². The Morgan fingerprint density at radius 2 is 2.25 bits per heavy atom. The largest absolute Gasteiger partial charge is 0.391 e.